The van der Waals surface area contributed by atoms with Gasteiger partial charge in [0.2, 0.25) is 10.0 Å². The number of aromatic amines is 1. The number of nitrogens with zero attached hydrogens (tertiary/aromatic N) is 2. The largest absolute Gasteiger partial charge is 0.465 e. The van der Waals surface area contributed by atoms with Crippen molar-refractivity contribution >= 4 is 38.8 Å². The van der Waals surface area contributed by atoms with Crippen LogP contribution in [0.4, 0.5) is 4.79 Å². The van der Waals surface area contributed by atoms with E-state index < -0.39 is 21.7 Å². The smallest absolute Gasteiger partial charge is 0.407 e. The Kier molecular flexibility index (Phi) is 6.31. The number of nitrogens with one attached hydrogen (secondary N) is 2. The SMILES string of the molecule is Cc1cc2c(-c3ccc(S(=O)(=O)NCCN(C(=O)O)C(C)(C)C)cc3)c(Cl)cnc2[nH]1. The molecule has 2 aromatic heterocycles. The number of sulfonamides is 1. The average Bonchev–Trinajstić information content (AvgIpc) is 3.04. The number of carbonyl (C=O) groups is 1. The van der Waals surface area contributed by atoms with Crippen LogP contribution in [0.3, 0.4) is 0 Å². The third-order valence-corrected chi connectivity index (χ3v) is 6.63. The lowest BCUT2D eigenvalue weighted by Crippen LogP contribution is -2.48. The predicted molar refractivity (Wildman–Crippen MR) is 121 cm³/mol. The topological polar surface area (TPSA) is 115 Å². The first-order valence-electron chi connectivity index (χ1n) is 9.64. The van der Waals surface area contributed by atoms with Crippen molar-refractivity contribution in [1.29, 1.82) is 0 Å². The molecule has 2 heterocycles. The Morgan fingerprint density at radius 3 is 2.48 bits per heavy atom. The van der Waals surface area contributed by atoms with Gasteiger partial charge < -0.3 is 15.0 Å². The van der Waals surface area contributed by atoms with Gasteiger partial charge in [-0.2, -0.15) is 0 Å². The summed E-state index contributed by atoms with van der Waals surface area (Å²) in [4.78, 5) is 20.1. The number of amides is 1. The second-order valence-corrected chi connectivity index (χ2v) is 10.4. The number of hydrogen-bond acceptors (Lipinski definition) is 4. The van der Waals surface area contributed by atoms with Crippen molar-refractivity contribution in [2.75, 3.05) is 13.1 Å². The van der Waals surface area contributed by atoms with Gasteiger partial charge in [-0.05, 0) is 51.5 Å². The fourth-order valence-electron chi connectivity index (χ4n) is 3.37. The number of aromatic nitrogens is 2. The summed E-state index contributed by atoms with van der Waals surface area (Å²) in [6.07, 6.45) is 0.460. The molecule has 0 unspecified atom stereocenters. The lowest BCUT2D eigenvalue weighted by molar-refractivity contribution is 0.102. The summed E-state index contributed by atoms with van der Waals surface area (Å²) in [6, 6.07) is 8.32. The zero-order chi connectivity index (χ0) is 23.0. The van der Waals surface area contributed by atoms with E-state index in [2.05, 4.69) is 14.7 Å². The molecule has 0 saturated carbocycles. The molecular formula is C21H25ClN4O4S. The number of H-pyrrole nitrogens is 1. The predicted octanol–water partition coefficient (Wildman–Crippen LogP) is 4.25. The Balaban J connectivity index is 1.80. The first-order chi connectivity index (χ1) is 14.4. The van der Waals surface area contributed by atoms with Crippen molar-refractivity contribution in [3.05, 3.63) is 47.2 Å². The van der Waals surface area contributed by atoms with E-state index in [4.69, 9.17) is 11.6 Å². The fraction of sp³-hybridized carbons (Fsp3) is 0.333. The molecular weight excluding hydrogens is 440 g/mol. The van der Waals surface area contributed by atoms with E-state index in [1.54, 1.807) is 39.1 Å². The summed E-state index contributed by atoms with van der Waals surface area (Å²) >= 11 is 6.38. The number of rotatable bonds is 6. The fourth-order valence-corrected chi connectivity index (χ4v) is 4.65. The molecule has 0 aliphatic carbocycles. The molecule has 3 N–H and O–H groups in total. The van der Waals surface area contributed by atoms with Crippen LogP contribution in [0.15, 0.2) is 41.4 Å². The lowest BCUT2D eigenvalue weighted by Gasteiger charge is -2.33. The molecule has 8 nitrogen and oxygen atoms in total. The van der Waals surface area contributed by atoms with E-state index in [0.717, 1.165) is 22.2 Å². The maximum absolute atomic E-state index is 12.6. The maximum Gasteiger partial charge on any atom is 0.407 e. The lowest BCUT2D eigenvalue weighted by atomic mass is 10.0. The van der Waals surface area contributed by atoms with Crippen LogP contribution in [-0.2, 0) is 10.0 Å². The summed E-state index contributed by atoms with van der Waals surface area (Å²) in [7, 11) is -3.80. The number of fused-ring (bicyclic) bond motifs is 1. The molecule has 0 radical (unpaired) electrons. The van der Waals surface area contributed by atoms with Crippen molar-refractivity contribution in [2.24, 2.45) is 0 Å². The molecule has 1 amide bonds. The molecule has 0 spiro atoms. The number of hydrogen-bond donors (Lipinski definition) is 3. The normalized spacial score (nSPS) is 12.3. The van der Waals surface area contributed by atoms with Gasteiger partial charge in [-0.3, -0.25) is 0 Å². The van der Waals surface area contributed by atoms with E-state index in [1.807, 2.05) is 13.0 Å². The quantitative estimate of drug-likeness (QED) is 0.504. The van der Waals surface area contributed by atoms with Crippen LogP contribution in [0.2, 0.25) is 5.02 Å². The molecule has 3 aromatic rings. The molecule has 0 aliphatic rings. The van der Waals surface area contributed by atoms with E-state index in [0.29, 0.717) is 10.7 Å². The standard InChI is InChI=1S/C21H25ClN4O4S/c1-13-11-16-18(17(22)12-23-19(16)25-13)14-5-7-15(8-6-14)31(29,30)24-9-10-26(20(27)28)21(2,3)4/h5-8,11-12,24H,9-10H2,1-4H3,(H,23,25)(H,27,28). The molecule has 166 valence electrons. The highest BCUT2D eigenvalue weighted by molar-refractivity contribution is 7.89. The van der Waals surface area contributed by atoms with Crippen LogP contribution >= 0.6 is 11.6 Å². The van der Waals surface area contributed by atoms with Crippen LogP contribution in [0, 0.1) is 6.92 Å². The van der Waals surface area contributed by atoms with Gasteiger partial charge in [-0.15, -0.1) is 0 Å². The summed E-state index contributed by atoms with van der Waals surface area (Å²) in [5.41, 5.74) is 2.55. The van der Waals surface area contributed by atoms with Crippen molar-refractivity contribution in [1.82, 2.24) is 19.6 Å². The van der Waals surface area contributed by atoms with Gasteiger partial charge >= 0.3 is 6.09 Å². The third kappa shape index (κ3) is 5.00. The zero-order valence-corrected chi connectivity index (χ0v) is 19.3. The van der Waals surface area contributed by atoms with Crippen molar-refractivity contribution in [3.63, 3.8) is 0 Å². The number of benzene rings is 1. The molecule has 10 heteroatoms. The summed E-state index contributed by atoms with van der Waals surface area (Å²) < 4.78 is 27.8. The second-order valence-electron chi connectivity index (χ2n) is 8.22. The van der Waals surface area contributed by atoms with Crippen molar-refractivity contribution in [3.8, 4) is 11.1 Å². The Morgan fingerprint density at radius 2 is 1.90 bits per heavy atom. The molecule has 0 saturated heterocycles. The molecule has 1 aromatic carbocycles. The Morgan fingerprint density at radius 1 is 1.26 bits per heavy atom. The second kappa shape index (κ2) is 8.49. The Hall–Kier alpha value is -2.62. The molecule has 31 heavy (non-hydrogen) atoms. The molecule has 0 atom stereocenters. The highest BCUT2D eigenvalue weighted by Gasteiger charge is 2.26. The number of aryl methyl sites for hydroxylation is 1. The van der Waals surface area contributed by atoms with Gasteiger partial charge in [0.25, 0.3) is 0 Å². The van der Waals surface area contributed by atoms with Crippen molar-refractivity contribution < 1.29 is 18.3 Å². The monoisotopic (exact) mass is 464 g/mol. The Labute approximate surface area is 186 Å². The van der Waals surface area contributed by atoms with Crippen LogP contribution in [0.5, 0.6) is 0 Å². The van der Waals surface area contributed by atoms with Crippen LogP contribution < -0.4 is 4.72 Å². The highest BCUT2D eigenvalue weighted by Crippen LogP contribution is 2.34. The molecule has 0 fully saturated rings. The minimum Gasteiger partial charge on any atom is -0.465 e. The van der Waals surface area contributed by atoms with Crippen molar-refractivity contribution in [2.45, 2.75) is 38.1 Å². The minimum absolute atomic E-state index is 0.0346. The number of carboxylic acid groups (broad SMARTS) is 1. The van der Waals surface area contributed by atoms with Gasteiger partial charge in [0.05, 0.1) is 9.92 Å². The van der Waals surface area contributed by atoms with E-state index >= 15 is 0 Å². The van der Waals surface area contributed by atoms with Gasteiger partial charge in [-0.1, -0.05) is 23.7 Å². The summed E-state index contributed by atoms with van der Waals surface area (Å²) in [6.45, 7) is 7.18. The number of pyridine rings is 1. The van der Waals surface area contributed by atoms with Gasteiger partial charge in [0, 0.05) is 41.5 Å². The molecule has 0 aliphatic heterocycles. The minimum atomic E-state index is -3.80. The summed E-state index contributed by atoms with van der Waals surface area (Å²) in [5, 5.41) is 10.6. The maximum atomic E-state index is 12.6. The van der Waals surface area contributed by atoms with Gasteiger partial charge in [0.15, 0.2) is 0 Å². The van der Waals surface area contributed by atoms with Gasteiger partial charge in [-0.25, -0.2) is 22.9 Å². The summed E-state index contributed by atoms with van der Waals surface area (Å²) in [5.74, 6) is 0. The Bertz CT molecular complexity index is 1210. The molecule has 0 bridgehead atoms. The zero-order valence-electron chi connectivity index (χ0n) is 17.7. The van der Waals surface area contributed by atoms with Crippen LogP contribution in [0.25, 0.3) is 22.2 Å². The van der Waals surface area contributed by atoms with Crippen LogP contribution in [0.1, 0.15) is 26.5 Å². The highest BCUT2D eigenvalue weighted by atomic mass is 35.5. The van der Waals surface area contributed by atoms with E-state index in [9.17, 15) is 18.3 Å². The first-order valence-corrected chi connectivity index (χ1v) is 11.5. The van der Waals surface area contributed by atoms with E-state index in [1.165, 1.54) is 17.0 Å². The first kappa shape index (κ1) is 23.1. The molecule has 3 rings (SSSR count). The number of halogens is 1. The van der Waals surface area contributed by atoms with E-state index in [-0.39, 0.29) is 18.0 Å². The average molecular weight is 465 g/mol. The van der Waals surface area contributed by atoms with Gasteiger partial charge in [0.1, 0.15) is 5.65 Å². The third-order valence-electron chi connectivity index (χ3n) is 4.87. The van der Waals surface area contributed by atoms with Crippen LogP contribution in [-0.4, -0.2) is 53.1 Å².